The molecule has 1 saturated heterocycles. The maximum Gasteiger partial charge on any atom is 0.416 e. The van der Waals surface area contributed by atoms with Crippen molar-refractivity contribution in [3.05, 3.63) is 58.6 Å². The van der Waals surface area contributed by atoms with Gasteiger partial charge in [-0.1, -0.05) is 17.7 Å². The van der Waals surface area contributed by atoms with Gasteiger partial charge in [0.05, 0.1) is 5.56 Å². The summed E-state index contributed by atoms with van der Waals surface area (Å²) in [5.41, 5.74) is 0.695. The van der Waals surface area contributed by atoms with E-state index >= 15 is 0 Å². The molecule has 1 fully saturated rings. The van der Waals surface area contributed by atoms with Gasteiger partial charge in [-0.3, -0.25) is 4.79 Å². The van der Waals surface area contributed by atoms with Gasteiger partial charge >= 0.3 is 6.18 Å². The van der Waals surface area contributed by atoms with Crippen LogP contribution in [0.1, 0.15) is 18.1 Å². The third kappa shape index (κ3) is 5.15. The number of nitrogens with zero attached hydrogens (tertiary/aromatic N) is 2. The Morgan fingerprint density at radius 2 is 1.79 bits per heavy atom. The van der Waals surface area contributed by atoms with Crippen molar-refractivity contribution in [1.82, 2.24) is 4.90 Å². The van der Waals surface area contributed by atoms with Crippen LogP contribution in [0.3, 0.4) is 0 Å². The van der Waals surface area contributed by atoms with Gasteiger partial charge in [-0.25, -0.2) is 0 Å². The first kappa shape index (κ1) is 21.3. The number of halogens is 4. The average molecular weight is 427 g/mol. The lowest BCUT2D eigenvalue weighted by molar-refractivity contribution is -0.138. The van der Waals surface area contributed by atoms with Gasteiger partial charge in [0.1, 0.15) is 5.75 Å². The Balaban J connectivity index is 1.58. The number of hydrogen-bond acceptors (Lipinski definition) is 3. The van der Waals surface area contributed by atoms with Crippen LogP contribution in [0.25, 0.3) is 0 Å². The molecule has 0 radical (unpaired) electrons. The molecule has 2 aromatic carbocycles. The van der Waals surface area contributed by atoms with Crippen molar-refractivity contribution in [2.75, 3.05) is 31.1 Å². The third-order valence-corrected chi connectivity index (χ3v) is 5.34. The van der Waals surface area contributed by atoms with Gasteiger partial charge in [-0.05, 0) is 55.8 Å². The first-order valence-corrected chi connectivity index (χ1v) is 9.67. The zero-order valence-corrected chi connectivity index (χ0v) is 16.9. The van der Waals surface area contributed by atoms with Crippen LogP contribution in [0.4, 0.5) is 18.9 Å². The number of carbonyl (C=O) groups excluding carboxylic acids is 1. The monoisotopic (exact) mass is 426 g/mol. The van der Waals surface area contributed by atoms with Gasteiger partial charge in [0.15, 0.2) is 6.10 Å². The molecule has 0 spiro atoms. The van der Waals surface area contributed by atoms with E-state index in [9.17, 15) is 18.0 Å². The average Bonchev–Trinajstić information content (AvgIpc) is 2.70. The van der Waals surface area contributed by atoms with E-state index in [0.717, 1.165) is 17.7 Å². The number of hydrogen-bond donors (Lipinski definition) is 0. The van der Waals surface area contributed by atoms with Gasteiger partial charge in [0.2, 0.25) is 0 Å². The lowest BCUT2D eigenvalue weighted by Crippen LogP contribution is -2.52. The van der Waals surface area contributed by atoms with Gasteiger partial charge < -0.3 is 14.5 Å². The molecule has 3 rings (SSSR count). The smallest absolute Gasteiger partial charge is 0.416 e. The van der Waals surface area contributed by atoms with E-state index in [2.05, 4.69) is 0 Å². The number of aryl methyl sites for hydroxylation is 1. The van der Waals surface area contributed by atoms with Crippen LogP contribution in [0.15, 0.2) is 42.5 Å². The Bertz CT molecular complexity index is 880. The van der Waals surface area contributed by atoms with Crippen LogP contribution in [0.2, 0.25) is 5.02 Å². The van der Waals surface area contributed by atoms with Crippen molar-refractivity contribution in [2.24, 2.45) is 0 Å². The number of anilines is 1. The normalized spacial score (nSPS) is 15.9. The van der Waals surface area contributed by atoms with Crippen LogP contribution in [-0.4, -0.2) is 43.1 Å². The number of amides is 1. The largest absolute Gasteiger partial charge is 0.481 e. The zero-order valence-electron chi connectivity index (χ0n) is 16.2. The first-order valence-electron chi connectivity index (χ1n) is 9.29. The fourth-order valence-electron chi connectivity index (χ4n) is 3.27. The van der Waals surface area contributed by atoms with Gasteiger partial charge in [-0.15, -0.1) is 0 Å². The highest BCUT2D eigenvalue weighted by atomic mass is 35.5. The van der Waals surface area contributed by atoms with E-state index in [4.69, 9.17) is 16.3 Å². The number of alkyl halides is 3. The molecule has 2 aromatic rings. The molecule has 1 aliphatic rings. The van der Waals surface area contributed by atoms with Crippen molar-refractivity contribution in [3.63, 3.8) is 0 Å². The second kappa shape index (κ2) is 8.53. The zero-order chi connectivity index (χ0) is 21.2. The molecule has 1 atom stereocenters. The number of rotatable bonds is 4. The molecule has 4 nitrogen and oxygen atoms in total. The van der Waals surface area contributed by atoms with Crippen molar-refractivity contribution >= 4 is 23.2 Å². The minimum atomic E-state index is -4.37. The molecule has 0 aromatic heterocycles. The van der Waals surface area contributed by atoms with Crippen molar-refractivity contribution in [3.8, 4) is 5.75 Å². The second-order valence-electron chi connectivity index (χ2n) is 7.03. The highest BCUT2D eigenvalue weighted by molar-refractivity contribution is 6.31. The second-order valence-corrected chi connectivity index (χ2v) is 7.44. The van der Waals surface area contributed by atoms with Crippen molar-refractivity contribution < 1.29 is 22.7 Å². The molecule has 1 aliphatic heterocycles. The van der Waals surface area contributed by atoms with Crippen LogP contribution in [-0.2, 0) is 11.0 Å². The summed E-state index contributed by atoms with van der Waals surface area (Å²) in [7, 11) is 0. The summed E-state index contributed by atoms with van der Waals surface area (Å²) in [6, 6.07) is 10.5. The highest BCUT2D eigenvalue weighted by Gasteiger charge is 2.31. The molecular formula is C21H22ClF3N2O2. The molecule has 29 heavy (non-hydrogen) atoms. The third-order valence-electron chi connectivity index (χ3n) is 4.92. The summed E-state index contributed by atoms with van der Waals surface area (Å²) in [6.45, 7) is 5.30. The molecule has 0 bridgehead atoms. The Morgan fingerprint density at radius 3 is 2.41 bits per heavy atom. The standard InChI is InChI=1S/C21H22ClF3N2O2/c1-14-12-18(6-7-19(14)22)29-15(2)20(28)27-10-8-26(9-11-27)17-5-3-4-16(13-17)21(23,24)25/h3-7,12-13,15H,8-11H2,1-2H3. The Labute approximate surface area is 172 Å². The Kier molecular flexibility index (Phi) is 6.27. The fourth-order valence-corrected chi connectivity index (χ4v) is 3.38. The summed E-state index contributed by atoms with van der Waals surface area (Å²) >= 11 is 6.00. The molecule has 0 aliphatic carbocycles. The molecule has 1 amide bonds. The quantitative estimate of drug-likeness (QED) is 0.705. The highest BCUT2D eigenvalue weighted by Crippen LogP contribution is 2.32. The lowest BCUT2D eigenvalue weighted by Gasteiger charge is -2.37. The van der Waals surface area contributed by atoms with E-state index in [-0.39, 0.29) is 5.91 Å². The number of ether oxygens (including phenoxy) is 1. The summed E-state index contributed by atoms with van der Waals surface area (Å²) < 4.78 is 44.5. The van der Waals surface area contributed by atoms with Crippen molar-refractivity contribution in [1.29, 1.82) is 0 Å². The SMILES string of the molecule is Cc1cc(OC(C)C(=O)N2CCN(c3cccc(C(F)(F)F)c3)CC2)ccc1Cl. The molecule has 8 heteroatoms. The predicted octanol–water partition coefficient (Wildman–Crippen LogP) is 4.78. The van der Waals surface area contributed by atoms with Gasteiger partial charge in [-0.2, -0.15) is 13.2 Å². The van der Waals surface area contributed by atoms with Crippen LogP contribution >= 0.6 is 11.6 Å². The Morgan fingerprint density at radius 1 is 1.10 bits per heavy atom. The molecule has 0 N–H and O–H groups in total. The van der Waals surface area contributed by atoms with Gasteiger partial charge in [0, 0.05) is 36.9 Å². The summed E-state index contributed by atoms with van der Waals surface area (Å²) in [5, 5.41) is 0.627. The first-order chi connectivity index (χ1) is 13.6. The number of carbonyl (C=O) groups is 1. The van der Waals surface area contributed by atoms with E-state index in [1.165, 1.54) is 6.07 Å². The van der Waals surface area contributed by atoms with Crippen molar-refractivity contribution in [2.45, 2.75) is 26.1 Å². The fraction of sp³-hybridized carbons (Fsp3) is 0.381. The minimum absolute atomic E-state index is 0.152. The van der Waals surface area contributed by atoms with E-state index in [1.807, 2.05) is 11.8 Å². The molecule has 1 unspecified atom stereocenters. The lowest BCUT2D eigenvalue weighted by atomic mass is 10.1. The summed E-state index contributed by atoms with van der Waals surface area (Å²) in [4.78, 5) is 16.2. The molecule has 156 valence electrons. The topological polar surface area (TPSA) is 32.8 Å². The summed E-state index contributed by atoms with van der Waals surface area (Å²) in [6.07, 6.45) is -5.05. The van der Waals surface area contributed by atoms with Crippen LogP contribution in [0.5, 0.6) is 5.75 Å². The van der Waals surface area contributed by atoms with E-state index < -0.39 is 17.8 Å². The van der Waals surface area contributed by atoms with E-state index in [0.29, 0.717) is 42.6 Å². The van der Waals surface area contributed by atoms with Gasteiger partial charge in [0.25, 0.3) is 5.91 Å². The maximum absolute atomic E-state index is 12.9. The maximum atomic E-state index is 12.9. The number of piperazine rings is 1. The summed E-state index contributed by atoms with van der Waals surface area (Å²) in [5.74, 6) is 0.414. The minimum Gasteiger partial charge on any atom is -0.481 e. The number of benzene rings is 2. The predicted molar refractivity (Wildman–Crippen MR) is 107 cm³/mol. The molecule has 1 heterocycles. The Hall–Kier alpha value is -2.41. The molecule has 0 saturated carbocycles. The van der Waals surface area contributed by atoms with E-state index in [1.54, 1.807) is 36.1 Å². The van der Waals surface area contributed by atoms with Crippen LogP contribution in [0, 0.1) is 6.92 Å². The molecular weight excluding hydrogens is 405 g/mol. The van der Waals surface area contributed by atoms with Crippen LogP contribution < -0.4 is 9.64 Å².